The van der Waals surface area contributed by atoms with E-state index >= 15 is 0 Å². The van der Waals surface area contributed by atoms with Crippen molar-refractivity contribution < 1.29 is 9.53 Å². The monoisotopic (exact) mass is 346 g/mol. The average Bonchev–Trinajstić information content (AvgIpc) is 2.60. The standard InChI is InChI=1S/C19H30N4O2/c1-4-19(11-6-12-19)14-22-17(20-5-2)21-13-15-7-9-16(10-8-15)23-18(24)25-3/h7-10H,4-6,11-14H2,1-3H3,(H,23,24)(H2,20,21,22). The number of carbonyl (C=O) groups excluding carboxylic acids is 1. The summed E-state index contributed by atoms with van der Waals surface area (Å²) < 4.78 is 4.58. The lowest BCUT2D eigenvalue weighted by atomic mass is 9.67. The molecule has 138 valence electrons. The third-order valence-electron chi connectivity index (χ3n) is 4.94. The molecule has 2 rings (SSSR count). The van der Waals surface area contributed by atoms with Gasteiger partial charge in [-0.15, -0.1) is 0 Å². The normalized spacial score (nSPS) is 15.9. The summed E-state index contributed by atoms with van der Waals surface area (Å²) in [5, 5.41) is 9.44. The van der Waals surface area contributed by atoms with Gasteiger partial charge in [-0.05, 0) is 49.3 Å². The predicted molar refractivity (Wildman–Crippen MR) is 102 cm³/mol. The number of aliphatic imine (C=N–C) groups is 1. The van der Waals surface area contributed by atoms with Crippen molar-refractivity contribution in [3.05, 3.63) is 29.8 Å². The number of ether oxygens (including phenoxy) is 1. The van der Waals surface area contributed by atoms with Gasteiger partial charge in [0.25, 0.3) is 0 Å². The fourth-order valence-electron chi connectivity index (χ4n) is 2.98. The first-order valence-corrected chi connectivity index (χ1v) is 9.07. The van der Waals surface area contributed by atoms with Crippen LogP contribution < -0.4 is 16.0 Å². The van der Waals surface area contributed by atoms with Gasteiger partial charge in [0.05, 0.1) is 13.7 Å². The molecule has 3 N–H and O–H groups in total. The lowest BCUT2D eigenvalue weighted by Gasteiger charge is -2.41. The van der Waals surface area contributed by atoms with Crippen LogP contribution >= 0.6 is 0 Å². The van der Waals surface area contributed by atoms with Gasteiger partial charge in [-0.25, -0.2) is 9.79 Å². The molecule has 0 aliphatic heterocycles. The van der Waals surface area contributed by atoms with E-state index in [9.17, 15) is 4.79 Å². The van der Waals surface area contributed by atoms with Crippen LogP contribution in [0.1, 0.15) is 45.1 Å². The Labute approximate surface area is 150 Å². The molecule has 1 aromatic rings. The number of carbonyl (C=O) groups is 1. The van der Waals surface area contributed by atoms with Crippen molar-refractivity contribution >= 4 is 17.7 Å². The van der Waals surface area contributed by atoms with Gasteiger partial charge >= 0.3 is 6.09 Å². The topological polar surface area (TPSA) is 74.8 Å². The first kappa shape index (κ1) is 19.1. The van der Waals surface area contributed by atoms with E-state index in [0.29, 0.717) is 17.6 Å². The quantitative estimate of drug-likeness (QED) is 0.522. The Balaban J connectivity index is 1.90. The average molecular weight is 346 g/mol. The fraction of sp³-hybridized carbons (Fsp3) is 0.579. The van der Waals surface area contributed by atoms with Crippen LogP contribution in [-0.4, -0.2) is 32.3 Å². The smallest absolute Gasteiger partial charge is 0.411 e. The van der Waals surface area contributed by atoms with E-state index in [-0.39, 0.29) is 0 Å². The maximum atomic E-state index is 11.2. The van der Waals surface area contributed by atoms with Gasteiger partial charge in [-0.3, -0.25) is 5.32 Å². The van der Waals surface area contributed by atoms with Crippen LogP contribution in [0.15, 0.2) is 29.3 Å². The Morgan fingerprint density at radius 2 is 1.92 bits per heavy atom. The zero-order chi connectivity index (χ0) is 18.1. The number of nitrogens with zero attached hydrogens (tertiary/aromatic N) is 1. The molecule has 0 atom stereocenters. The number of methoxy groups -OCH3 is 1. The molecule has 6 heteroatoms. The minimum atomic E-state index is -0.467. The molecule has 1 fully saturated rings. The zero-order valence-electron chi connectivity index (χ0n) is 15.5. The third kappa shape index (κ3) is 5.66. The van der Waals surface area contributed by atoms with Crippen LogP contribution in [0.2, 0.25) is 0 Å². The fourth-order valence-corrected chi connectivity index (χ4v) is 2.98. The lowest BCUT2D eigenvalue weighted by molar-refractivity contribution is 0.131. The van der Waals surface area contributed by atoms with E-state index in [1.165, 1.54) is 32.8 Å². The summed E-state index contributed by atoms with van der Waals surface area (Å²) in [6, 6.07) is 7.61. The van der Waals surface area contributed by atoms with E-state index < -0.39 is 6.09 Å². The SMILES string of the molecule is CCNC(=NCc1ccc(NC(=O)OC)cc1)NCC1(CC)CCC1. The van der Waals surface area contributed by atoms with Crippen LogP contribution in [0.25, 0.3) is 0 Å². The molecule has 25 heavy (non-hydrogen) atoms. The lowest BCUT2D eigenvalue weighted by Crippen LogP contribution is -2.46. The maximum Gasteiger partial charge on any atom is 0.411 e. The van der Waals surface area contributed by atoms with Gasteiger partial charge in [-0.1, -0.05) is 25.5 Å². The van der Waals surface area contributed by atoms with Crippen molar-refractivity contribution in [3.63, 3.8) is 0 Å². The first-order valence-electron chi connectivity index (χ1n) is 9.07. The second-order valence-corrected chi connectivity index (χ2v) is 6.57. The number of hydrogen-bond donors (Lipinski definition) is 3. The number of guanidine groups is 1. The summed E-state index contributed by atoms with van der Waals surface area (Å²) in [4.78, 5) is 15.9. The number of amides is 1. The molecule has 0 unspecified atom stereocenters. The van der Waals surface area contributed by atoms with Crippen LogP contribution in [0.3, 0.4) is 0 Å². The van der Waals surface area contributed by atoms with Crippen molar-refractivity contribution in [3.8, 4) is 0 Å². The van der Waals surface area contributed by atoms with E-state index in [1.807, 2.05) is 24.3 Å². The van der Waals surface area contributed by atoms with Gasteiger partial charge in [-0.2, -0.15) is 0 Å². The molecule has 0 radical (unpaired) electrons. The molecule has 1 saturated carbocycles. The van der Waals surface area contributed by atoms with Crippen molar-refractivity contribution in [1.82, 2.24) is 10.6 Å². The molecule has 0 aromatic heterocycles. The Kier molecular flexibility index (Phi) is 7.10. The van der Waals surface area contributed by atoms with Gasteiger partial charge in [0.1, 0.15) is 0 Å². The predicted octanol–water partition coefficient (Wildman–Crippen LogP) is 3.50. The summed E-state index contributed by atoms with van der Waals surface area (Å²) in [6.45, 7) is 6.76. The minimum Gasteiger partial charge on any atom is -0.453 e. The highest BCUT2D eigenvalue weighted by atomic mass is 16.5. The second-order valence-electron chi connectivity index (χ2n) is 6.57. The number of hydrogen-bond acceptors (Lipinski definition) is 3. The van der Waals surface area contributed by atoms with Gasteiger partial charge in [0.15, 0.2) is 5.96 Å². The molecule has 1 aromatic carbocycles. The highest BCUT2D eigenvalue weighted by molar-refractivity contribution is 5.84. The molecular weight excluding hydrogens is 316 g/mol. The summed E-state index contributed by atoms with van der Waals surface area (Å²) >= 11 is 0. The summed E-state index contributed by atoms with van der Waals surface area (Å²) in [7, 11) is 1.35. The Bertz CT molecular complexity index is 574. The maximum absolute atomic E-state index is 11.2. The zero-order valence-corrected chi connectivity index (χ0v) is 15.5. The second kappa shape index (κ2) is 9.30. The Hall–Kier alpha value is -2.24. The number of anilines is 1. The minimum absolute atomic E-state index is 0.456. The van der Waals surface area contributed by atoms with Crippen molar-refractivity contribution in [2.45, 2.75) is 46.1 Å². The summed E-state index contributed by atoms with van der Waals surface area (Å²) in [5.41, 5.74) is 2.25. The molecule has 0 saturated heterocycles. The van der Waals surface area contributed by atoms with Crippen molar-refractivity contribution in [1.29, 1.82) is 0 Å². The Morgan fingerprint density at radius 1 is 1.20 bits per heavy atom. The highest BCUT2D eigenvalue weighted by Gasteiger charge is 2.34. The summed E-state index contributed by atoms with van der Waals surface area (Å²) in [5.74, 6) is 0.860. The molecular formula is C19H30N4O2. The Morgan fingerprint density at radius 3 is 2.44 bits per heavy atom. The van der Waals surface area contributed by atoms with Crippen molar-refractivity contribution in [2.24, 2.45) is 10.4 Å². The largest absolute Gasteiger partial charge is 0.453 e. The molecule has 1 aliphatic carbocycles. The van der Waals surface area contributed by atoms with E-state index in [2.05, 4.69) is 39.5 Å². The molecule has 0 heterocycles. The molecule has 1 amide bonds. The molecule has 6 nitrogen and oxygen atoms in total. The molecule has 1 aliphatic rings. The molecule has 0 bridgehead atoms. The highest BCUT2D eigenvalue weighted by Crippen LogP contribution is 2.42. The van der Waals surface area contributed by atoms with Gasteiger partial charge < -0.3 is 15.4 Å². The van der Waals surface area contributed by atoms with Crippen LogP contribution in [0.4, 0.5) is 10.5 Å². The van der Waals surface area contributed by atoms with Crippen molar-refractivity contribution in [2.75, 3.05) is 25.5 Å². The van der Waals surface area contributed by atoms with Gasteiger partial charge in [0.2, 0.25) is 0 Å². The van der Waals surface area contributed by atoms with E-state index in [0.717, 1.165) is 24.6 Å². The van der Waals surface area contributed by atoms with Crippen LogP contribution in [-0.2, 0) is 11.3 Å². The number of benzene rings is 1. The molecule has 0 spiro atoms. The third-order valence-corrected chi connectivity index (χ3v) is 4.94. The van der Waals surface area contributed by atoms with Crippen LogP contribution in [0, 0.1) is 5.41 Å². The van der Waals surface area contributed by atoms with Crippen LogP contribution in [0.5, 0.6) is 0 Å². The number of rotatable bonds is 7. The van der Waals surface area contributed by atoms with E-state index in [4.69, 9.17) is 0 Å². The first-order chi connectivity index (χ1) is 12.1. The number of nitrogens with one attached hydrogen (secondary N) is 3. The van der Waals surface area contributed by atoms with E-state index in [1.54, 1.807) is 0 Å². The summed E-state index contributed by atoms with van der Waals surface area (Å²) in [6.07, 6.45) is 4.71. The van der Waals surface area contributed by atoms with Gasteiger partial charge in [0, 0.05) is 18.8 Å².